The van der Waals surface area contributed by atoms with E-state index in [9.17, 15) is 4.79 Å². The lowest BCUT2D eigenvalue weighted by Gasteiger charge is -2.14. The van der Waals surface area contributed by atoms with Crippen LogP contribution < -0.4 is 5.32 Å². The molecule has 0 aromatic carbocycles. The summed E-state index contributed by atoms with van der Waals surface area (Å²) >= 11 is 1.42. The largest absolute Gasteiger partial charge is 0.384 e. The van der Waals surface area contributed by atoms with Gasteiger partial charge in [-0.2, -0.15) is 0 Å². The van der Waals surface area contributed by atoms with Crippen molar-refractivity contribution in [2.45, 2.75) is 19.3 Å². The van der Waals surface area contributed by atoms with E-state index >= 15 is 0 Å². The van der Waals surface area contributed by atoms with Crippen molar-refractivity contribution in [2.75, 3.05) is 32.8 Å². The SMILES string of the molecule is O=C(NCCCN1CCCC1)c1csc(C#CCO)c1. The fraction of sp³-hybridized carbons (Fsp3) is 0.533. The molecule has 1 saturated heterocycles. The highest BCUT2D eigenvalue weighted by Crippen LogP contribution is 2.13. The third-order valence-corrected chi connectivity index (χ3v) is 4.13. The van der Waals surface area contributed by atoms with E-state index in [0.29, 0.717) is 12.1 Å². The Labute approximate surface area is 123 Å². The van der Waals surface area contributed by atoms with E-state index in [1.807, 2.05) is 0 Å². The summed E-state index contributed by atoms with van der Waals surface area (Å²) in [5, 5.41) is 13.4. The maximum absolute atomic E-state index is 11.9. The van der Waals surface area contributed by atoms with Gasteiger partial charge in [0.1, 0.15) is 6.61 Å². The fourth-order valence-electron chi connectivity index (χ4n) is 2.26. The second-order valence-electron chi connectivity index (χ2n) is 4.82. The monoisotopic (exact) mass is 292 g/mol. The summed E-state index contributed by atoms with van der Waals surface area (Å²) < 4.78 is 0. The molecular weight excluding hydrogens is 272 g/mol. The summed E-state index contributed by atoms with van der Waals surface area (Å²) in [6.07, 6.45) is 3.60. The number of amides is 1. The van der Waals surface area contributed by atoms with Crippen LogP contribution in [-0.2, 0) is 0 Å². The number of carbonyl (C=O) groups excluding carboxylic acids is 1. The van der Waals surface area contributed by atoms with E-state index in [2.05, 4.69) is 22.1 Å². The Morgan fingerprint density at radius 3 is 3.00 bits per heavy atom. The number of likely N-dealkylation sites (tertiary alicyclic amines) is 1. The van der Waals surface area contributed by atoms with Crippen LogP contribution in [0.1, 0.15) is 34.5 Å². The van der Waals surface area contributed by atoms with Crippen molar-refractivity contribution in [3.05, 3.63) is 21.9 Å². The molecule has 0 aliphatic carbocycles. The Bertz CT molecular complexity index is 495. The summed E-state index contributed by atoms with van der Waals surface area (Å²) in [6, 6.07) is 1.77. The quantitative estimate of drug-likeness (QED) is 0.635. The number of hydrogen-bond acceptors (Lipinski definition) is 4. The second-order valence-corrected chi connectivity index (χ2v) is 5.73. The number of aliphatic hydroxyl groups excluding tert-OH is 1. The van der Waals surface area contributed by atoms with E-state index in [1.165, 1.54) is 37.3 Å². The molecule has 108 valence electrons. The van der Waals surface area contributed by atoms with E-state index in [-0.39, 0.29) is 12.5 Å². The van der Waals surface area contributed by atoms with Crippen molar-refractivity contribution in [2.24, 2.45) is 0 Å². The Morgan fingerprint density at radius 2 is 2.25 bits per heavy atom. The molecule has 1 amide bonds. The summed E-state index contributed by atoms with van der Waals surface area (Å²) in [5.74, 6) is 5.34. The molecule has 0 atom stereocenters. The highest BCUT2D eigenvalue weighted by Gasteiger charge is 2.11. The van der Waals surface area contributed by atoms with Gasteiger partial charge in [0.15, 0.2) is 0 Å². The van der Waals surface area contributed by atoms with Gasteiger partial charge in [-0.05, 0) is 45.0 Å². The lowest BCUT2D eigenvalue weighted by Crippen LogP contribution is -2.28. The Balaban J connectivity index is 1.69. The molecule has 1 aromatic rings. The maximum atomic E-state index is 11.9. The smallest absolute Gasteiger partial charge is 0.252 e. The van der Waals surface area contributed by atoms with Crippen molar-refractivity contribution in [1.82, 2.24) is 10.2 Å². The molecule has 0 radical (unpaired) electrons. The van der Waals surface area contributed by atoms with Crippen LogP contribution in [0.2, 0.25) is 0 Å². The minimum absolute atomic E-state index is 0.0419. The van der Waals surface area contributed by atoms with Crippen LogP contribution >= 0.6 is 11.3 Å². The zero-order chi connectivity index (χ0) is 14.2. The number of thiophene rings is 1. The molecule has 0 saturated carbocycles. The number of nitrogens with zero attached hydrogens (tertiary/aromatic N) is 1. The first-order valence-corrected chi connectivity index (χ1v) is 7.86. The van der Waals surface area contributed by atoms with E-state index in [4.69, 9.17) is 5.11 Å². The van der Waals surface area contributed by atoms with Gasteiger partial charge in [0.25, 0.3) is 5.91 Å². The molecule has 1 aliphatic rings. The average Bonchev–Trinajstić information content (AvgIpc) is 3.12. The first-order valence-electron chi connectivity index (χ1n) is 6.98. The topological polar surface area (TPSA) is 52.6 Å². The molecular formula is C15H20N2O2S. The number of aliphatic hydroxyl groups is 1. The van der Waals surface area contributed by atoms with Gasteiger partial charge < -0.3 is 15.3 Å². The number of rotatable bonds is 5. The van der Waals surface area contributed by atoms with Crippen molar-refractivity contribution >= 4 is 17.2 Å². The number of hydrogen-bond donors (Lipinski definition) is 2. The van der Waals surface area contributed by atoms with Crippen molar-refractivity contribution in [1.29, 1.82) is 0 Å². The van der Waals surface area contributed by atoms with Crippen LogP contribution in [0.4, 0.5) is 0 Å². The summed E-state index contributed by atoms with van der Waals surface area (Å²) in [7, 11) is 0. The predicted molar refractivity (Wildman–Crippen MR) is 80.9 cm³/mol. The third-order valence-electron chi connectivity index (χ3n) is 3.29. The van der Waals surface area contributed by atoms with Gasteiger partial charge in [-0.1, -0.05) is 11.8 Å². The highest BCUT2D eigenvalue weighted by molar-refractivity contribution is 7.10. The van der Waals surface area contributed by atoms with Gasteiger partial charge in [-0.25, -0.2) is 0 Å². The van der Waals surface area contributed by atoms with Gasteiger partial charge in [0.05, 0.1) is 10.4 Å². The predicted octanol–water partition coefficient (Wildman–Crippen LogP) is 1.31. The molecule has 2 rings (SSSR count). The van der Waals surface area contributed by atoms with Gasteiger partial charge >= 0.3 is 0 Å². The highest BCUT2D eigenvalue weighted by atomic mass is 32.1. The molecule has 1 aliphatic heterocycles. The van der Waals surface area contributed by atoms with Crippen molar-refractivity contribution < 1.29 is 9.90 Å². The number of carbonyl (C=O) groups is 1. The van der Waals surface area contributed by atoms with Crippen LogP contribution in [0, 0.1) is 11.8 Å². The Kier molecular flexibility index (Phi) is 6.06. The Hall–Kier alpha value is -1.35. The molecule has 2 N–H and O–H groups in total. The first kappa shape index (κ1) is 15.0. The molecule has 0 spiro atoms. The molecule has 2 heterocycles. The summed E-state index contributed by atoms with van der Waals surface area (Å²) in [4.78, 5) is 15.2. The normalized spacial score (nSPS) is 14.8. The zero-order valence-corrected chi connectivity index (χ0v) is 12.3. The molecule has 1 fully saturated rings. The van der Waals surface area contributed by atoms with Gasteiger partial charge in [0.2, 0.25) is 0 Å². The van der Waals surface area contributed by atoms with Crippen molar-refractivity contribution in [3.8, 4) is 11.8 Å². The van der Waals surface area contributed by atoms with Crippen LogP contribution in [0.5, 0.6) is 0 Å². The van der Waals surface area contributed by atoms with E-state index < -0.39 is 0 Å². The lowest BCUT2D eigenvalue weighted by atomic mass is 10.3. The maximum Gasteiger partial charge on any atom is 0.252 e. The first-order chi connectivity index (χ1) is 9.79. The summed E-state index contributed by atoms with van der Waals surface area (Å²) in [6.45, 7) is 4.02. The van der Waals surface area contributed by atoms with Gasteiger partial charge in [0, 0.05) is 11.9 Å². The lowest BCUT2D eigenvalue weighted by molar-refractivity contribution is 0.0952. The minimum Gasteiger partial charge on any atom is -0.384 e. The van der Waals surface area contributed by atoms with Crippen LogP contribution in [-0.4, -0.2) is 48.7 Å². The van der Waals surface area contributed by atoms with E-state index in [0.717, 1.165) is 17.8 Å². The fourth-order valence-corrected chi connectivity index (χ4v) is 3.02. The number of nitrogens with one attached hydrogen (secondary N) is 1. The van der Waals surface area contributed by atoms with Crippen LogP contribution in [0.15, 0.2) is 11.4 Å². The molecule has 5 heteroatoms. The third kappa shape index (κ3) is 4.64. The summed E-state index contributed by atoms with van der Waals surface area (Å²) in [5.41, 5.74) is 0.651. The Morgan fingerprint density at radius 1 is 1.45 bits per heavy atom. The molecule has 0 unspecified atom stereocenters. The average molecular weight is 292 g/mol. The molecule has 1 aromatic heterocycles. The molecule has 20 heavy (non-hydrogen) atoms. The van der Waals surface area contributed by atoms with Crippen molar-refractivity contribution in [3.63, 3.8) is 0 Å². The van der Waals surface area contributed by atoms with Crippen LogP contribution in [0.3, 0.4) is 0 Å². The molecule has 4 nitrogen and oxygen atoms in total. The van der Waals surface area contributed by atoms with E-state index in [1.54, 1.807) is 11.4 Å². The van der Waals surface area contributed by atoms with Crippen LogP contribution in [0.25, 0.3) is 0 Å². The standard InChI is InChI=1S/C15H20N2O2S/c18-10-3-5-14-11-13(12-20-14)15(19)16-6-4-9-17-7-1-2-8-17/h11-12,18H,1-2,4,6-10H2,(H,16,19). The van der Waals surface area contributed by atoms with Gasteiger partial charge in [-0.3, -0.25) is 4.79 Å². The minimum atomic E-state index is -0.157. The second kappa shape index (κ2) is 8.05. The zero-order valence-electron chi connectivity index (χ0n) is 11.5. The van der Waals surface area contributed by atoms with Gasteiger partial charge in [-0.15, -0.1) is 11.3 Å². The molecule has 0 bridgehead atoms.